The van der Waals surface area contributed by atoms with E-state index in [2.05, 4.69) is 54.7 Å². The SMILES string of the molecule is COc1ccc(C(c2ccc(OC)cc2)(c2ccc(OC)cc2)n2cc(-c3ccccc3)cn2)cc1. The molecule has 5 aromatic rings. The molecule has 1 heterocycles. The summed E-state index contributed by atoms with van der Waals surface area (Å²) in [5.74, 6) is 2.38. The Balaban J connectivity index is 1.81. The second-order valence-corrected chi connectivity index (χ2v) is 8.44. The molecule has 4 aromatic carbocycles. The number of methoxy groups -OCH3 is 3. The topological polar surface area (TPSA) is 45.5 Å². The number of rotatable bonds is 8. The number of nitrogens with zero attached hydrogens (tertiary/aromatic N) is 2. The Morgan fingerprint density at radius 2 is 0.944 bits per heavy atom. The van der Waals surface area contributed by atoms with Gasteiger partial charge in [-0.25, -0.2) is 0 Å². The van der Waals surface area contributed by atoms with Crippen LogP contribution in [0.1, 0.15) is 16.7 Å². The summed E-state index contributed by atoms with van der Waals surface area (Å²) < 4.78 is 18.4. The summed E-state index contributed by atoms with van der Waals surface area (Å²) in [6, 6.07) is 34.8. The lowest BCUT2D eigenvalue weighted by Crippen LogP contribution is -2.38. The third kappa shape index (κ3) is 4.09. The van der Waals surface area contributed by atoms with Crippen molar-refractivity contribution in [3.8, 4) is 28.4 Å². The van der Waals surface area contributed by atoms with Crippen LogP contribution in [0.25, 0.3) is 11.1 Å². The first-order chi connectivity index (χ1) is 17.7. The van der Waals surface area contributed by atoms with Crippen LogP contribution in [0, 0.1) is 0 Å². The molecular formula is C31H28N2O3. The van der Waals surface area contributed by atoms with Gasteiger partial charge < -0.3 is 14.2 Å². The van der Waals surface area contributed by atoms with Gasteiger partial charge in [-0.2, -0.15) is 5.10 Å². The molecule has 0 bridgehead atoms. The van der Waals surface area contributed by atoms with Gasteiger partial charge in [0.2, 0.25) is 0 Å². The van der Waals surface area contributed by atoms with Crippen LogP contribution in [0.2, 0.25) is 0 Å². The minimum Gasteiger partial charge on any atom is -0.497 e. The summed E-state index contributed by atoms with van der Waals surface area (Å²) >= 11 is 0. The van der Waals surface area contributed by atoms with Gasteiger partial charge in [-0.15, -0.1) is 0 Å². The average Bonchev–Trinajstić information content (AvgIpc) is 3.45. The van der Waals surface area contributed by atoms with Gasteiger partial charge in [0.05, 0.1) is 27.5 Å². The van der Waals surface area contributed by atoms with Gasteiger partial charge in [0, 0.05) is 11.8 Å². The van der Waals surface area contributed by atoms with Gasteiger partial charge in [0.1, 0.15) is 22.8 Å². The highest BCUT2D eigenvalue weighted by atomic mass is 16.5. The fourth-order valence-corrected chi connectivity index (χ4v) is 4.68. The molecule has 0 aliphatic heterocycles. The van der Waals surface area contributed by atoms with E-state index in [-0.39, 0.29) is 0 Å². The molecule has 0 fully saturated rings. The normalized spacial score (nSPS) is 11.2. The van der Waals surface area contributed by atoms with Crippen molar-refractivity contribution in [2.75, 3.05) is 21.3 Å². The van der Waals surface area contributed by atoms with Crippen molar-refractivity contribution in [3.63, 3.8) is 0 Å². The second-order valence-electron chi connectivity index (χ2n) is 8.44. The molecule has 36 heavy (non-hydrogen) atoms. The molecule has 0 N–H and O–H groups in total. The Morgan fingerprint density at radius 1 is 0.528 bits per heavy atom. The Hall–Kier alpha value is -4.51. The summed E-state index contributed by atoms with van der Waals surface area (Å²) in [6.45, 7) is 0. The third-order valence-corrected chi connectivity index (χ3v) is 6.56. The highest BCUT2D eigenvalue weighted by molar-refractivity contribution is 5.62. The van der Waals surface area contributed by atoms with E-state index in [0.29, 0.717) is 0 Å². The lowest BCUT2D eigenvalue weighted by Gasteiger charge is -2.36. The monoisotopic (exact) mass is 476 g/mol. The van der Waals surface area contributed by atoms with E-state index >= 15 is 0 Å². The second kappa shape index (κ2) is 10.0. The number of ether oxygens (including phenoxy) is 3. The maximum Gasteiger partial charge on any atom is 0.138 e. The van der Waals surface area contributed by atoms with Gasteiger partial charge in [0.15, 0.2) is 0 Å². The Morgan fingerprint density at radius 3 is 1.33 bits per heavy atom. The zero-order valence-electron chi connectivity index (χ0n) is 20.6. The molecule has 5 heteroatoms. The maximum atomic E-state index is 5.47. The minimum absolute atomic E-state index is 0.766. The molecule has 0 spiro atoms. The first-order valence-electron chi connectivity index (χ1n) is 11.7. The minimum atomic E-state index is -0.766. The predicted molar refractivity (Wildman–Crippen MR) is 142 cm³/mol. The molecule has 0 amide bonds. The first-order valence-corrected chi connectivity index (χ1v) is 11.7. The van der Waals surface area contributed by atoms with Crippen LogP contribution in [-0.4, -0.2) is 31.1 Å². The Labute approximate surface area is 211 Å². The van der Waals surface area contributed by atoms with Crippen LogP contribution < -0.4 is 14.2 Å². The smallest absolute Gasteiger partial charge is 0.138 e. The Kier molecular flexibility index (Phi) is 6.46. The molecule has 5 rings (SSSR count). The molecule has 0 saturated carbocycles. The van der Waals surface area contributed by atoms with Crippen LogP contribution in [0.3, 0.4) is 0 Å². The maximum absolute atomic E-state index is 5.47. The van der Waals surface area contributed by atoms with Gasteiger partial charge >= 0.3 is 0 Å². The van der Waals surface area contributed by atoms with Crippen molar-refractivity contribution < 1.29 is 14.2 Å². The van der Waals surface area contributed by atoms with E-state index in [0.717, 1.165) is 45.1 Å². The van der Waals surface area contributed by atoms with Crippen molar-refractivity contribution >= 4 is 0 Å². The molecule has 180 valence electrons. The number of benzene rings is 4. The molecule has 0 radical (unpaired) electrons. The van der Waals surface area contributed by atoms with E-state index in [1.807, 2.05) is 65.5 Å². The van der Waals surface area contributed by atoms with E-state index < -0.39 is 5.54 Å². The van der Waals surface area contributed by atoms with Crippen molar-refractivity contribution in [2.45, 2.75) is 5.54 Å². The molecule has 0 aliphatic rings. The summed E-state index contributed by atoms with van der Waals surface area (Å²) in [5.41, 5.74) is 4.51. The van der Waals surface area contributed by atoms with Gasteiger partial charge in [-0.3, -0.25) is 4.68 Å². The summed E-state index contributed by atoms with van der Waals surface area (Å²) in [4.78, 5) is 0. The molecular weight excluding hydrogens is 448 g/mol. The van der Waals surface area contributed by atoms with Gasteiger partial charge in [-0.1, -0.05) is 66.7 Å². The van der Waals surface area contributed by atoms with Crippen LogP contribution >= 0.6 is 0 Å². The van der Waals surface area contributed by atoms with Crippen molar-refractivity contribution in [1.82, 2.24) is 9.78 Å². The van der Waals surface area contributed by atoms with Gasteiger partial charge in [-0.05, 0) is 58.7 Å². The van der Waals surface area contributed by atoms with Crippen molar-refractivity contribution in [2.24, 2.45) is 0 Å². The van der Waals surface area contributed by atoms with E-state index in [9.17, 15) is 0 Å². The van der Waals surface area contributed by atoms with Crippen molar-refractivity contribution in [1.29, 1.82) is 0 Å². The number of hydrogen-bond donors (Lipinski definition) is 0. The molecule has 0 aliphatic carbocycles. The summed E-state index contributed by atoms with van der Waals surface area (Å²) in [6.07, 6.45) is 4.02. The van der Waals surface area contributed by atoms with Crippen LogP contribution in [0.5, 0.6) is 17.2 Å². The van der Waals surface area contributed by atoms with Crippen molar-refractivity contribution in [3.05, 3.63) is 132 Å². The predicted octanol–water partition coefficient (Wildman–Crippen LogP) is 6.42. The average molecular weight is 477 g/mol. The van der Waals surface area contributed by atoms with Gasteiger partial charge in [0.25, 0.3) is 0 Å². The van der Waals surface area contributed by atoms with E-state index in [4.69, 9.17) is 19.3 Å². The van der Waals surface area contributed by atoms with Crippen LogP contribution in [-0.2, 0) is 5.54 Å². The third-order valence-electron chi connectivity index (χ3n) is 6.56. The lowest BCUT2D eigenvalue weighted by atomic mass is 9.77. The fraction of sp³-hybridized carbons (Fsp3) is 0.129. The zero-order valence-corrected chi connectivity index (χ0v) is 20.6. The Bertz CT molecular complexity index is 1290. The van der Waals surface area contributed by atoms with E-state index in [1.165, 1.54) is 0 Å². The number of hydrogen-bond acceptors (Lipinski definition) is 4. The largest absolute Gasteiger partial charge is 0.497 e. The highest BCUT2D eigenvalue weighted by Crippen LogP contribution is 2.42. The highest BCUT2D eigenvalue weighted by Gasteiger charge is 2.39. The fourth-order valence-electron chi connectivity index (χ4n) is 4.68. The lowest BCUT2D eigenvalue weighted by molar-refractivity contribution is 0.410. The summed E-state index contributed by atoms with van der Waals surface area (Å²) in [7, 11) is 5.03. The number of aromatic nitrogens is 2. The van der Waals surface area contributed by atoms with Crippen LogP contribution in [0.4, 0.5) is 0 Å². The molecule has 0 unspecified atom stereocenters. The quantitative estimate of drug-likeness (QED) is 0.243. The molecule has 5 nitrogen and oxygen atoms in total. The molecule has 1 aromatic heterocycles. The van der Waals surface area contributed by atoms with E-state index in [1.54, 1.807) is 21.3 Å². The standard InChI is InChI=1S/C31H28N2O3/c1-34-28-15-9-25(10-16-28)31(26-11-17-29(35-2)18-12-26,27-13-19-30(36-3)20-14-27)33-22-24(21-32-33)23-7-5-4-6-8-23/h4-22H,1-3H3. The first kappa shape index (κ1) is 23.2. The summed E-state index contributed by atoms with van der Waals surface area (Å²) in [5, 5.41) is 4.94. The van der Waals surface area contributed by atoms with Crippen LogP contribution in [0.15, 0.2) is 116 Å². The molecule has 0 atom stereocenters. The zero-order chi connectivity index (χ0) is 25.0. The molecule has 0 saturated heterocycles.